The van der Waals surface area contributed by atoms with Crippen molar-refractivity contribution in [1.82, 2.24) is 10.6 Å². The summed E-state index contributed by atoms with van der Waals surface area (Å²) in [5.41, 5.74) is -0.706. The summed E-state index contributed by atoms with van der Waals surface area (Å²) in [5.74, 6) is -0.694. The molecule has 0 atom stereocenters. The van der Waals surface area contributed by atoms with Crippen molar-refractivity contribution in [3.05, 3.63) is 12.3 Å². The highest BCUT2D eigenvalue weighted by atomic mass is 16.2. The minimum absolute atomic E-state index is 0.312. The maximum Gasteiger partial charge on any atom is 0.252 e. The number of imide groups is 1. The molecular weight excluding hydrogens is 144 g/mol. The molecule has 0 aliphatic carbocycles. The number of carbonyl (C=O) groups excluding carboxylic acids is 2. The van der Waals surface area contributed by atoms with Crippen LogP contribution in [0.1, 0.15) is 13.8 Å². The van der Waals surface area contributed by atoms with E-state index in [-0.39, 0.29) is 11.8 Å². The maximum absolute atomic E-state index is 11.1. The average Bonchev–Trinajstić information content (AvgIpc) is 1.94. The van der Waals surface area contributed by atoms with Crippen molar-refractivity contribution in [2.45, 2.75) is 19.4 Å². The fourth-order valence-corrected chi connectivity index (χ4v) is 0.701. The van der Waals surface area contributed by atoms with Gasteiger partial charge in [-0.1, -0.05) is 0 Å². The molecule has 11 heavy (non-hydrogen) atoms. The first-order valence-electron chi connectivity index (χ1n) is 3.32. The van der Waals surface area contributed by atoms with E-state index in [9.17, 15) is 9.59 Å². The third kappa shape index (κ3) is 1.58. The van der Waals surface area contributed by atoms with E-state index in [2.05, 4.69) is 10.6 Å². The van der Waals surface area contributed by atoms with Gasteiger partial charge < -0.3 is 5.32 Å². The van der Waals surface area contributed by atoms with Crippen LogP contribution in [-0.4, -0.2) is 17.4 Å². The molecular formula is C7H10N2O2. The van der Waals surface area contributed by atoms with Gasteiger partial charge in [-0.05, 0) is 13.8 Å². The molecule has 0 saturated carbocycles. The zero-order chi connectivity index (χ0) is 8.48. The van der Waals surface area contributed by atoms with Gasteiger partial charge in [0.25, 0.3) is 11.8 Å². The van der Waals surface area contributed by atoms with Gasteiger partial charge in [0.15, 0.2) is 0 Å². The van der Waals surface area contributed by atoms with Crippen LogP contribution in [0.25, 0.3) is 0 Å². The Hall–Kier alpha value is -1.32. The number of carbonyl (C=O) groups is 2. The average molecular weight is 154 g/mol. The highest BCUT2D eigenvalue weighted by molar-refractivity contribution is 6.05. The second-order valence-electron chi connectivity index (χ2n) is 2.92. The van der Waals surface area contributed by atoms with E-state index in [1.54, 1.807) is 13.8 Å². The van der Waals surface area contributed by atoms with E-state index in [0.29, 0.717) is 0 Å². The molecule has 0 fully saturated rings. The molecule has 4 nitrogen and oxygen atoms in total. The standard InChI is InChI=1S/C7H10N2O2/c1-7(2)6(11)9-5(10)3-4-8-7/h3-4,8H,1-2H3,(H,9,10,11). The van der Waals surface area contributed by atoms with Gasteiger partial charge in [-0.3, -0.25) is 14.9 Å². The highest BCUT2D eigenvalue weighted by Crippen LogP contribution is 2.03. The predicted molar refractivity (Wildman–Crippen MR) is 39.5 cm³/mol. The Morgan fingerprint density at radius 3 is 2.64 bits per heavy atom. The quantitative estimate of drug-likeness (QED) is 0.463. The van der Waals surface area contributed by atoms with Gasteiger partial charge >= 0.3 is 0 Å². The van der Waals surface area contributed by atoms with Crippen molar-refractivity contribution in [3.8, 4) is 0 Å². The van der Waals surface area contributed by atoms with E-state index >= 15 is 0 Å². The van der Waals surface area contributed by atoms with Gasteiger partial charge in [0, 0.05) is 12.3 Å². The van der Waals surface area contributed by atoms with Crippen LogP contribution in [0.2, 0.25) is 0 Å². The Labute approximate surface area is 64.7 Å². The van der Waals surface area contributed by atoms with Gasteiger partial charge in [0.1, 0.15) is 5.54 Å². The van der Waals surface area contributed by atoms with E-state index in [4.69, 9.17) is 0 Å². The molecule has 0 saturated heterocycles. The van der Waals surface area contributed by atoms with E-state index in [0.717, 1.165) is 0 Å². The maximum atomic E-state index is 11.1. The van der Waals surface area contributed by atoms with Crippen LogP contribution < -0.4 is 10.6 Å². The van der Waals surface area contributed by atoms with Crippen molar-refractivity contribution < 1.29 is 9.59 Å². The molecule has 1 aliphatic heterocycles. The molecule has 0 aromatic carbocycles. The van der Waals surface area contributed by atoms with Crippen LogP contribution in [-0.2, 0) is 9.59 Å². The Morgan fingerprint density at radius 1 is 1.36 bits per heavy atom. The summed E-state index contributed by atoms with van der Waals surface area (Å²) in [6, 6.07) is 0. The zero-order valence-corrected chi connectivity index (χ0v) is 6.47. The van der Waals surface area contributed by atoms with E-state index < -0.39 is 5.54 Å². The molecule has 60 valence electrons. The van der Waals surface area contributed by atoms with Gasteiger partial charge in [-0.25, -0.2) is 0 Å². The van der Waals surface area contributed by atoms with Gasteiger partial charge in [0.05, 0.1) is 0 Å². The van der Waals surface area contributed by atoms with Crippen molar-refractivity contribution in [3.63, 3.8) is 0 Å². The third-order valence-electron chi connectivity index (χ3n) is 1.48. The molecule has 4 heteroatoms. The molecule has 0 aromatic rings. The number of nitrogens with one attached hydrogen (secondary N) is 2. The summed E-state index contributed by atoms with van der Waals surface area (Å²) in [7, 11) is 0. The summed E-state index contributed by atoms with van der Waals surface area (Å²) >= 11 is 0. The lowest BCUT2D eigenvalue weighted by atomic mass is 10.1. The second kappa shape index (κ2) is 2.38. The van der Waals surface area contributed by atoms with Crippen molar-refractivity contribution in [2.75, 3.05) is 0 Å². The SMILES string of the molecule is CC1(C)NC=CC(=O)NC1=O. The van der Waals surface area contributed by atoms with E-state index in [1.165, 1.54) is 12.3 Å². The van der Waals surface area contributed by atoms with Crippen molar-refractivity contribution in [1.29, 1.82) is 0 Å². The third-order valence-corrected chi connectivity index (χ3v) is 1.48. The molecule has 0 radical (unpaired) electrons. The fraction of sp³-hybridized carbons (Fsp3) is 0.429. The Bertz CT molecular complexity index is 231. The summed E-state index contributed by atoms with van der Waals surface area (Å²) in [6.45, 7) is 3.40. The first-order chi connectivity index (χ1) is 5.02. The first-order valence-corrected chi connectivity index (χ1v) is 3.32. The first kappa shape index (κ1) is 7.78. The lowest BCUT2D eigenvalue weighted by molar-refractivity contribution is -0.131. The van der Waals surface area contributed by atoms with Crippen molar-refractivity contribution >= 4 is 11.8 Å². The molecule has 1 aliphatic rings. The minimum Gasteiger partial charge on any atom is -0.377 e. The minimum atomic E-state index is -0.706. The number of rotatable bonds is 0. The summed E-state index contributed by atoms with van der Waals surface area (Å²) < 4.78 is 0. The monoisotopic (exact) mass is 154 g/mol. The van der Waals surface area contributed by atoms with Crippen LogP contribution in [0, 0.1) is 0 Å². The van der Waals surface area contributed by atoms with Crippen LogP contribution >= 0.6 is 0 Å². The molecule has 0 aromatic heterocycles. The largest absolute Gasteiger partial charge is 0.377 e. The summed E-state index contributed by atoms with van der Waals surface area (Å²) in [5, 5.41) is 4.99. The Morgan fingerprint density at radius 2 is 2.00 bits per heavy atom. The molecule has 0 unspecified atom stereocenters. The van der Waals surface area contributed by atoms with Crippen LogP contribution in [0.4, 0.5) is 0 Å². The normalized spacial score (nSPS) is 22.0. The number of amides is 2. The topological polar surface area (TPSA) is 58.2 Å². The van der Waals surface area contributed by atoms with Crippen LogP contribution in [0.3, 0.4) is 0 Å². The lowest BCUT2D eigenvalue weighted by Gasteiger charge is -2.20. The Kier molecular flexibility index (Phi) is 1.68. The van der Waals surface area contributed by atoms with Gasteiger partial charge in [-0.15, -0.1) is 0 Å². The van der Waals surface area contributed by atoms with Gasteiger partial charge in [0.2, 0.25) is 0 Å². The summed E-state index contributed by atoms with van der Waals surface area (Å²) in [4.78, 5) is 21.8. The molecule has 2 amide bonds. The van der Waals surface area contributed by atoms with Gasteiger partial charge in [-0.2, -0.15) is 0 Å². The highest BCUT2D eigenvalue weighted by Gasteiger charge is 2.28. The van der Waals surface area contributed by atoms with E-state index in [1.807, 2.05) is 0 Å². The zero-order valence-electron chi connectivity index (χ0n) is 6.47. The molecule has 0 bridgehead atoms. The molecule has 1 heterocycles. The van der Waals surface area contributed by atoms with Crippen LogP contribution in [0.15, 0.2) is 12.3 Å². The molecule has 1 rings (SSSR count). The van der Waals surface area contributed by atoms with Crippen LogP contribution in [0.5, 0.6) is 0 Å². The molecule has 0 spiro atoms. The summed E-state index contributed by atoms with van der Waals surface area (Å²) in [6.07, 6.45) is 2.76. The second-order valence-corrected chi connectivity index (χ2v) is 2.92. The smallest absolute Gasteiger partial charge is 0.252 e. The Balaban J connectivity index is 2.84. The predicted octanol–water partition coefficient (Wildman–Crippen LogP) is -0.475. The van der Waals surface area contributed by atoms with Crippen molar-refractivity contribution in [2.24, 2.45) is 0 Å². The number of hydrogen-bond acceptors (Lipinski definition) is 3. The molecule has 2 N–H and O–H groups in total. The fourth-order valence-electron chi connectivity index (χ4n) is 0.701. The number of hydrogen-bond donors (Lipinski definition) is 2. The lowest BCUT2D eigenvalue weighted by Crippen LogP contribution is -2.50.